The fraction of sp³-hybridized carbons (Fsp3) is 1.00. The van der Waals surface area contributed by atoms with Gasteiger partial charge in [-0.15, -0.1) is 4.05 Å². The third-order valence-corrected chi connectivity index (χ3v) is 13.7. The molecule has 0 nitrogen and oxygen atoms in total. The summed E-state index contributed by atoms with van der Waals surface area (Å²) < 4.78 is 0.947. The molecule has 0 amide bonds. The van der Waals surface area contributed by atoms with Gasteiger partial charge in [0.25, 0.3) is 0 Å². The molecule has 4 fully saturated rings. The van der Waals surface area contributed by atoms with Crippen molar-refractivity contribution < 1.29 is 0 Å². The normalized spacial score (nSPS) is 47.8. The van der Waals surface area contributed by atoms with Crippen LogP contribution in [0.15, 0.2) is 0 Å². The first-order chi connectivity index (χ1) is 13.8. The zero-order chi connectivity index (χ0) is 20.8. The SMILES string of the molecule is CC(C)CCC[C@@H](C)[C@H]1CC[C@H]2[C@@H]3CCC4C[CH]([Mg][Cl])CC[C@]4(C)[C@H]3CC[C@]12C. The molecule has 0 aromatic rings. The molecule has 164 valence electrons. The molecule has 0 spiro atoms. The van der Waals surface area contributed by atoms with Crippen LogP contribution < -0.4 is 0 Å². The van der Waals surface area contributed by atoms with Crippen LogP contribution in [0.4, 0.5) is 0 Å². The highest BCUT2D eigenvalue weighted by Gasteiger charge is 2.60. The first-order valence-electron chi connectivity index (χ1n) is 13.4. The van der Waals surface area contributed by atoms with Crippen molar-refractivity contribution in [3.63, 3.8) is 0 Å². The van der Waals surface area contributed by atoms with E-state index in [1.54, 1.807) is 19.3 Å². The highest BCUT2D eigenvalue weighted by atomic mass is 35.5. The number of hydrogen-bond donors (Lipinski definition) is 0. The van der Waals surface area contributed by atoms with E-state index in [-0.39, 0.29) is 19.3 Å². The fourth-order valence-corrected chi connectivity index (χ4v) is 11.2. The lowest BCUT2D eigenvalue weighted by atomic mass is 9.44. The molecular formula is C27H47ClMg. The molecule has 0 aromatic carbocycles. The van der Waals surface area contributed by atoms with Crippen molar-refractivity contribution >= 4 is 28.3 Å². The Balaban J connectivity index is 1.45. The molecule has 4 aliphatic carbocycles. The van der Waals surface area contributed by atoms with Crippen LogP contribution in [0.25, 0.3) is 0 Å². The van der Waals surface area contributed by atoms with Gasteiger partial charge in [0.2, 0.25) is 0 Å². The predicted octanol–water partition coefficient (Wildman–Crippen LogP) is 8.75. The Labute approximate surface area is 195 Å². The Hall–Kier alpha value is 1.06. The van der Waals surface area contributed by atoms with E-state index in [9.17, 15) is 0 Å². The standard InChI is InChI=1S/C27H47.ClH.Mg/c1-19(2)9-8-10-20(3)23-14-15-24-22-13-12-21-11-6-7-17-26(21,4)25(22)16-18-27(23,24)5;;/h6,19-25H,7-18H2,1-5H3;1H;/q;;+1/p-1/t20-,21?,22+,23-,24+,25+,26+,27-;;/m1../s1. The quantitative estimate of drug-likeness (QED) is 0.369. The van der Waals surface area contributed by atoms with Gasteiger partial charge in [-0.2, -0.15) is 0 Å². The van der Waals surface area contributed by atoms with Gasteiger partial charge in [0, 0.05) is 0 Å². The van der Waals surface area contributed by atoms with Crippen molar-refractivity contribution in [1.82, 2.24) is 0 Å². The van der Waals surface area contributed by atoms with Gasteiger partial charge in [-0.05, 0) is 97.2 Å². The molecular weight excluding hydrogens is 384 g/mol. The van der Waals surface area contributed by atoms with Gasteiger partial charge in [-0.3, -0.25) is 0 Å². The second kappa shape index (κ2) is 9.13. The van der Waals surface area contributed by atoms with Crippen molar-refractivity contribution in [3.05, 3.63) is 0 Å². The molecule has 9 atom stereocenters. The summed E-state index contributed by atoms with van der Waals surface area (Å²) in [4.78, 5) is 0. The maximum atomic E-state index is 6.42. The topological polar surface area (TPSA) is 0 Å². The van der Waals surface area contributed by atoms with Crippen LogP contribution >= 0.6 is 9.07 Å². The zero-order valence-electron chi connectivity index (χ0n) is 20.2. The Kier molecular flexibility index (Phi) is 7.31. The second-order valence-corrected chi connectivity index (χ2v) is 15.4. The molecule has 0 heterocycles. The van der Waals surface area contributed by atoms with Crippen molar-refractivity contribution in [3.8, 4) is 0 Å². The molecule has 2 unspecified atom stereocenters. The fourth-order valence-electron chi connectivity index (χ4n) is 9.51. The molecule has 0 aliphatic heterocycles. The van der Waals surface area contributed by atoms with Gasteiger partial charge in [-0.1, -0.05) is 66.7 Å². The number of rotatable bonds is 6. The van der Waals surface area contributed by atoms with Crippen LogP contribution in [0, 0.1) is 52.3 Å². The molecule has 0 aromatic heterocycles. The monoisotopic (exact) mass is 430 g/mol. The summed E-state index contributed by atoms with van der Waals surface area (Å²) in [6.07, 6.45) is 18.1. The molecule has 4 saturated carbocycles. The van der Waals surface area contributed by atoms with Gasteiger partial charge in [0.15, 0.2) is 0 Å². The third-order valence-electron chi connectivity index (χ3n) is 11.2. The highest BCUT2D eigenvalue weighted by molar-refractivity contribution is 6.94. The van der Waals surface area contributed by atoms with Crippen molar-refractivity contribution in [2.75, 3.05) is 0 Å². The maximum absolute atomic E-state index is 6.42. The molecule has 0 saturated heterocycles. The Morgan fingerprint density at radius 1 is 0.862 bits per heavy atom. The summed E-state index contributed by atoms with van der Waals surface area (Å²) in [6.45, 7) is 12.9. The van der Waals surface area contributed by atoms with E-state index >= 15 is 0 Å². The lowest BCUT2D eigenvalue weighted by Crippen LogP contribution is -2.53. The van der Waals surface area contributed by atoms with Crippen LogP contribution in [0.1, 0.15) is 112 Å². The Morgan fingerprint density at radius 3 is 2.31 bits per heavy atom. The third kappa shape index (κ3) is 4.21. The van der Waals surface area contributed by atoms with Crippen molar-refractivity contribution in [2.24, 2.45) is 52.3 Å². The summed E-state index contributed by atoms with van der Waals surface area (Å²) in [5.41, 5.74) is 1.31. The van der Waals surface area contributed by atoms with E-state index in [1.165, 1.54) is 57.8 Å². The number of fused-ring (bicyclic) bond motifs is 5. The molecule has 4 aliphatic rings. The van der Waals surface area contributed by atoms with E-state index in [1.807, 2.05) is 0 Å². The molecule has 0 radical (unpaired) electrons. The van der Waals surface area contributed by atoms with Crippen molar-refractivity contribution in [1.29, 1.82) is 0 Å². The molecule has 2 heteroatoms. The van der Waals surface area contributed by atoms with Crippen LogP contribution in [-0.4, -0.2) is 19.3 Å². The molecule has 0 N–H and O–H groups in total. The van der Waals surface area contributed by atoms with Crippen molar-refractivity contribution in [2.45, 2.75) is 116 Å². The molecule has 0 bridgehead atoms. The van der Waals surface area contributed by atoms with Gasteiger partial charge < -0.3 is 9.07 Å². The van der Waals surface area contributed by atoms with Gasteiger partial charge >= 0.3 is 19.3 Å². The molecule has 4 rings (SSSR count). The van der Waals surface area contributed by atoms with Gasteiger partial charge in [0.1, 0.15) is 0 Å². The predicted molar refractivity (Wildman–Crippen MR) is 128 cm³/mol. The molecule has 29 heavy (non-hydrogen) atoms. The first kappa shape index (κ1) is 23.2. The van der Waals surface area contributed by atoms with E-state index < -0.39 is 0 Å². The van der Waals surface area contributed by atoms with E-state index in [0.717, 1.165) is 45.5 Å². The van der Waals surface area contributed by atoms with Gasteiger partial charge in [0.05, 0.1) is 0 Å². The summed E-state index contributed by atoms with van der Waals surface area (Å²) in [7, 11) is 6.42. The zero-order valence-corrected chi connectivity index (χ0v) is 22.4. The summed E-state index contributed by atoms with van der Waals surface area (Å²) in [5, 5.41) is 0. The minimum Gasteiger partial charge on any atom is -0.346 e. The van der Waals surface area contributed by atoms with Crippen LogP contribution in [0.2, 0.25) is 4.05 Å². The lowest BCUT2D eigenvalue weighted by Gasteiger charge is -2.61. The Morgan fingerprint density at radius 2 is 1.59 bits per heavy atom. The lowest BCUT2D eigenvalue weighted by molar-refractivity contribution is -0.114. The highest BCUT2D eigenvalue weighted by Crippen LogP contribution is 2.69. The second-order valence-electron chi connectivity index (χ2n) is 13.0. The maximum Gasteiger partial charge on any atom is 0.504 e. The van der Waals surface area contributed by atoms with Gasteiger partial charge in [-0.25, -0.2) is 0 Å². The first-order valence-corrected chi connectivity index (χ1v) is 16.3. The number of halogens is 1. The largest absolute Gasteiger partial charge is 0.504 e. The average Bonchev–Trinajstić information content (AvgIpc) is 3.04. The van der Waals surface area contributed by atoms with E-state index in [2.05, 4.69) is 34.6 Å². The minimum absolute atomic E-state index is 0.312. The van der Waals surface area contributed by atoms with E-state index in [4.69, 9.17) is 9.07 Å². The van der Waals surface area contributed by atoms with Crippen LogP contribution in [0.5, 0.6) is 0 Å². The average molecular weight is 431 g/mol. The van der Waals surface area contributed by atoms with E-state index in [0.29, 0.717) is 10.8 Å². The summed E-state index contributed by atoms with van der Waals surface area (Å²) in [6, 6.07) is 0. The summed E-state index contributed by atoms with van der Waals surface area (Å²) in [5.74, 6) is 6.94. The van der Waals surface area contributed by atoms with Crippen LogP contribution in [0.3, 0.4) is 0 Å². The smallest absolute Gasteiger partial charge is 0.346 e. The van der Waals surface area contributed by atoms with Crippen LogP contribution in [-0.2, 0) is 0 Å². The number of hydrogen-bond acceptors (Lipinski definition) is 0. The Bertz CT molecular complexity index is 561. The minimum atomic E-state index is -0.312. The summed E-state index contributed by atoms with van der Waals surface area (Å²) >= 11 is -0.312.